The maximum absolute atomic E-state index is 8.59. The molecule has 106 valence electrons. The summed E-state index contributed by atoms with van der Waals surface area (Å²) < 4.78 is 0. The van der Waals surface area contributed by atoms with Crippen molar-refractivity contribution in [2.24, 2.45) is 5.11 Å². The first-order valence-electron chi connectivity index (χ1n) is 7.19. The number of hydrogen-bond donors (Lipinski definition) is 1. The average Bonchev–Trinajstić information content (AvgIpc) is 2.51. The van der Waals surface area contributed by atoms with Crippen molar-refractivity contribution in [2.45, 2.75) is 26.8 Å². The number of nitrogens with one attached hydrogen (secondary N) is 1. The Hall–Kier alpha value is -2.29. The van der Waals surface area contributed by atoms with E-state index in [-0.39, 0.29) is 0 Å². The van der Waals surface area contributed by atoms with Crippen molar-refractivity contribution >= 4 is 5.69 Å². The molecule has 2 aromatic rings. The molecular weight excluding hydrogens is 260 g/mol. The summed E-state index contributed by atoms with van der Waals surface area (Å²) in [5.41, 5.74) is 17.2. The van der Waals surface area contributed by atoms with E-state index in [1.165, 1.54) is 27.8 Å². The van der Waals surface area contributed by atoms with Crippen molar-refractivity contribution in [1.82, 2.24) is 5.32 Å². The van der Waals surface area contributed by atoms with Crippen molar-refractivity contribution in [3.05, 3.63) is 63.0 Å². The molecule has 1 aliphatic heterocycles. The molecular formula is C17H18N4. The van der Waals surface area contributed by atoms with Gasteiger partial charge in [0.1, 0.15) is 0 Å². The Morgan fingerprint density at radius 1 is 1.19 bits per heavy atom. The maximum Gasteiger partial charge on any atom is 0.0381 e. The van der Waals surface area contributed by atoms with Crippen molar-refractivity contribution in [2.75, 3.05) is 6.54 Å². The lowest BCUT2D eigenvalue weighted by atomic mass is 9.86. The molecule has 0 unspecified atom stereocenters. The summed E-state index contributed by atoms with van der Waals surface area (Å²) in [7, 11) is 0. The smallest absolute Gasteiger partial charge is 0.0381 e. The van der Waals surface area contributed by atoms with Gasteiger partial charge in [0.25, 0.3) is 0 Å². The third kappa shape index (κ3) is 2.51. The maximum atomic E-state index is 8.59. The predicted molar refractivity (Wildman–Crippen MR) is 85.6 cm³/mol. The molecule has 3 rings (SSSR count). The molecule has 1 heterocycles. The van der Waals surface area contributed by atoms with Gasteiger partial charge in [-0.05, 0) is 71.8 Å². The third-order valence-corrected chi connectivity index (χ3v) is 4.23. The summed E-state index contributed by atoms with van der Waals surface area (Å²) in [6.07, 6.45) is 1.08. The van der Waals surface area contributed by atoms with Crippen LogP contribution < -0.4 is 5.32 Å². The number of benzene rings is 2. The topological polar surface area (TPSA) is 60.8 Å². The van der Waals surface area contributed by atoms with Gasteiger partial charge in [-0.25, -0.2) is 0 Å². The van der Waals surface area contributed by atoms with Crippen LogP contribution in [0, 0.1) is 13.8 Å². The lowest BCUT2D eigenvalue weighted by Gasteiger charge is -2.24. The first-order chi connectivity index (χ1) is 10.2. The lowest BCUT2D eigenvalue weighted by Crippen LogP contribution is -2.25. The number of azide groups is 1. The highest BCUT2D eigenvalue weighted by Gasteiger charge is 2.17. The van der Waals surface area contributed by atoms with E-state index < -0.39 is 0 Å². The zero-order valence-electron chi connectivity index (χ0n) is 12.3. The molecule has 1 aliphatic rings. The largest absolute Gasteiger partial charge is 0.312 e. The minimum absolute atomic E-state index is 0.659. The predicted octanol–water partition coefficient (Wildman–Crippen LogP) is 4.56. The molecule has 0 saturated heterocycles. The van der Waals surface area contributed by atoms with Gasteiger partial charge in [0.05, 0.1) is 0 Å². The van der Waals surface area contributed by atoms with Gasteiger partial charge in [0, 0.05) is 17.1 Å². The minimum Gasteiger partial charge on any atom is -0.312 e. The molecule has 0 fully saturated rings. The van der Waals surface area contributed by atoms with E-state index in [0.29, 0.717) is 5.69 Å². The van der Waals surface area contributed by atoms with Crippen LogP contribution >= 0.6 is 0 Å². The highest BCUT2D eigenvalue weighted by Crippen LogP contribution is 2.33. The quantitative estimate of drug-likeness (QED) is 0.488. The summed E-state index contributed by atoms with van der Waals surface area (Å²) in [5.74, 6) is 0. The molecule has 0 aliphatic carbocycles. The van der Waals surface area contributed by atoms with Crippen LogP contribution in [-0.2, 0) is 13.0 Å². The molecule has 2 aromatic carbocycles. The van der Waals surface area contributed by atoms with Gasteiger partial charge in [-0.2, -0.15) is 0 Å². The highest BCUT2D eigenvalue weighted by atomic mass is 15.1. The van der Waals surface area contributed by atoms with E-state index in [4.69, 9.17) is 5.53 Å². The van der Waals surface area contributed by atoms with Gasteiger partial charge in [0.2, 0.25) is 0 Å². The number of fused-ring (bicyclic) bond motifs is 1. The van der Waals surface area contributed by atoms with Crippen molar-refractivity contribution in [3.63, 3.8) is 0 Å². The zero-order chi connectivity index (χ0) is 14.8. The standard InChI is InChI=1S/C17H18N4/c1-11-8-16(12(2)15-6-7-19-10-17(11)15)13-4-3-5-14(9-13)20-21-18/h3-5,8-9,19H,6-7,10H2,1-2H3. The van der Waals surface area contributed by atoms with Crippen LogP contribution in [0.25, 0.3) is 21.6 Å². The fraction of sp³-hybridized carbons (Fsp3) is 0.294. The Balaban J connectivity index is 2.17. The lowest BCUT2D eigenvalue weighted by molar-refractivity contribution is 0.638. The van der Waals surface area contributed by atoms with Gasteiger partial charge < -0.3 is 5.32 Å². The SMILES string of the molecule is Cc1cc(-c2cccc(N=[N+]=[N-])c2)c(C)c2c1CNCC2. The summed E-state index contributed by atoms with van der Waals surface area (Å²) in [6, 6.07) is 10.0. The van der Waals surface area contributed by atoms with Crippen molar-refractivity contribution in [1.29, 1.82) is 0 Å². The second-order valence-electron chi connectivity index (χ2n) is 5.49. The molecule has 0 atom stereocenters. The van der Waals surface area contributed by atoms with Crippen LogP contribution in [0.4, 0.5) is 5.69 Å². The molecule has 0 spiro atoms. The Labute approximate surface area is 124 Å². The minimum atomic E-state index is 0.659. The number of aryl methyl sites for hydroxylation is 1. The summed E-state index contributed by atoms with van der Waals surface area (Å²) in [6.45, 7) is 6.36. The molecule has 1 N–H and O–H groups in total. The molecule has 4 heteroatoms. The Kier molecular flexibility index (Phi) is 3.65. The number of rotatable bonds is 2. The second kappa shape index (κ2) is 5.60. The van der Waals surface area contributed by atoms with Crippen molar-refractivity contribution < 1.29 is 0 Å². The molecule has 4 nitrogen and oxygen atoms in total. The number of hydrogen-bond acceptors (Lipinski definition) is 2. The van der Waals surface area contributed by atoms with Gasteiger partial charge in [0.15, 0.2) is 0 Å². The van der Waals surface area contributed by atoms with Crippen LogP contribution in [-0.4, -0.2) is 6.54 Å². The van der Waals surface area contributed by atoms with Crippen LogP contribution in [0.5, 0.6) is 0 Å². The van der Waals surface area contributed by atoms with E-state index in [0.717, 1.165) is 25.1 Å². The molecule has 0 radical (unpaired) electrons. The normalized spacial score (nSPS) is 13.4. The molecule has 0 bridgehead atoms. The van der Waals surface area contributed by atoms with Gasteiger partial charge in [-0.15, -0.1) is 0 Å². The Morgan fingerprint density at radius 3 is 2.86 bits per heavy atom. The second-order valence-corrected chi connectivity index (χ2v) is 5.49. The number of nitrogens with zero attached hydrogens (tertiary/aromatic N) is 3. The van der Waals surface area contributed by atoms with Gasteiger partial charge >= 0.3 is 0 Å². The van der Waals surface area contributed by atoms with E-state index in [9.17, 15) is 0 Å². The first kappa shape index (κ1) is 13.7. The van der Waals surface area contributed by atoms with E-state index in [2.05, 4.69) is 41.3 Å². The van der Waals surface area contributed by atoms with E-state index >= 15 is 0 Å². The monoisotopic (exact) mass is 278 g/mol. The first-order valence-corrected chi connectivity index (χ1v) is 7.19. The molecule has 0 aromatic heterocycles. The Bertz CT molecular complexity index is 743. The van der Waals surface area contributed by atoms with Crippen LogP contribution in [0.3, 0.4) is 0 Å². The van der Waals surface area contributed by atoms with E-state index in [1.54, 1.807) is 0 Å². The summed E-state index contributed by atoms with van der Waals surface area (Å²) in [4.78, 5) is 2.87. The fourth-order valence-corrected chi connectivity index (χ4v) is 3.14. The van der Waals surface area contributed by atoms with E-state index in [1.807, 2.05) is 18.2 Å². The molecule has 0 saturated carbocycles. The third-order valence-electron chi connectivity index (χ3n) is 4.23. The van der Waals surface area contributed by atoms with Gasteiger partial charge in [-0.3, -0.25) is 0 Å². The van der Waals surface area contributed by atoms with Gasteiger partial charge in [-0.1, -0.05) is 29.4 Å². The average molecular weight is 278 g/mol. The summed E-state index contributed by atoms with van der Waals surface area (Å²) >= 11 is 0. The van der Waals surface area contributed by atoms with Crippen LogP contribution in [0.15, 0.2) is 35.4 Å². The Morgan fingerprint density at radius 2 is 2.05 bits per heavy atom. The van der Waals surface area contributed by atoms with Crippen molar-refractivity contribution in [3.8, 4) is 11.1 Å². The molecule has 21 heavy (non-hydrogen) atoms. The van der Waals surface area contributed by atoms with Crippen LogP contribution in [0.1, 0.15) is 22.3 Å². The summed E-state index contributed by atoms with van der Waals surface area (Å²) in [5, 5.41) is 7.14. The highest BCUT2D eigenvalue weighted by molar-refractivity contribution is 5.73. The molecule has 0 amide bonds. The fourth-order valence-electron chi connectivity index (χ4n) is 3.14. The van der Waals surface area contributed by atoms with Crippen LogP contribution in [0.2, 0.25) is 0 Å². The zero-order valence-corrected chi connectivity index (χ0v) is 12.3.